The first-order valence-electron chi connectivity index (χ1n) is 22.7. The number of aryl methyl sites for hydroxylation is 1. The van der Waals surface area contributed by atoms with E-state index in [9.17, 15) is 24.3 Å². The lowest BCUT2D eigenvalue weighted by molar-refractivity contribution is -0.148. The van der Waals surface area contributed by atoms with Gasteiger partial charge in [-0.1, -0.05) is 72.3 Å². The summed E-state index contributed by atoms with van der Waals surface area (Å²) >= 11 is 6.19. The fourth-order valence-electron chi connectivity index (χ4n) is 9.27. The summed E-state index contributed by atoms with van der Waals surface area (Å²) in [4.78, 5) is 69.2. The second kappa shape index (κ2) is 21.5. The van der Waals surface area contributed by atoms with Gasteiger partial charge in [-0.2, -0.15) is 0 Å². The third-order valence-electron chi connectivity index (χ3n) is 13.2. The van der Waals surface area contributed by atoms with Crippen molar-refractivity contribution in [2.75, 3.05) is 47.9 Å². The highest BCUT2D eigenvalue weighted by Gasteiger charge is 2.41. The Labute approximate surface area is 393 Å². The maximum atomic E-state index is 14.9. The number of imidazole rings is 1. The van der Waals surface area contributed by atoms with Gasteiger partial charge in [0.1, 0.15) is 23.7 Å². The molecule has 14 heteroatoms. The zero-order valence-electron chi connectivity index (χ0n) is 38.8. The molecule has 0 saturated carbocycles. The Morgan fingerprint density at radius 2 is 1.53 bits per heavy atom. The van der Waals surface area contributed by atoms with Gasteiger partial charge < -0.3 is 39.3 Å². The van der Waals surface area contributed by atoms with Crippen molar-refractivity contribution in [3.05, 3.63) is 142 Å². The molecule has 2 N–H and O–H groups in total. The third-order valence-corrected chi connectivity index (χ3v) is 13.5. The van der Waals surface area contributed by atoms with Crippen LogP contribution in [0.15, 0.2) is 103 Å². The van der Waals surface area contributed by atoms with Crippen LogP contribution in [0.4, 0.5) is 0 Å². The topological polar surface area (TPSA) is 141 Å². The monoisotopic (exact) mass is 915 g/mol. The molecule has 0 spiro atoms. The van der Waals surface area contributed by atoms with E-state index < -0.39 is 42.5 Å². The highest BCUT2D eigenvalue weighted by molar-refractivity contribution is 6.30. The number of aromatic nitrogens is 2. The van der Waals surface area contributed by atoms with Crippen molar-refractivity contribution in [3.8, 4) is 17.0 Å². The van der Waals surface area contributed by atoms with Crippen LogP contribution in [0.3, 0.4) is 0 Å². The first-order valence-corrected chi connectivity index (χ1v) is 23.1. The highest BCUT2D eigenvalue weighted by atomic mass is 35.5. The Bertz CT molecular complexity index is 2470. The van der Waals surface area contributed by atoms with Gasteiger partial charge in [0.05, 0.1) is 43.6 Å². The molecule has 1 fully saturated rings. The zero-order valence-corrected chi connectivity index (χ0v) is 39.6. The second-order valence-corrected chi connectivity index (χ2v) is 18.5. The maximum absolute atomic E-state index is 14.9. The average Bonchev–Trinajstić information content (AvgIpc) is 3.91. The van der Waals surface area contributed by atoms with E-state index in [1.807, 2.05) is 106 Å². The smallest absolute Gasteiger partial charge is 0.247 e. The van der Waals surface area contributed by atoms with E-state index in [1.165, 1.54) is 9.80 Å². The third kappa shape index (κ3) is 11.3. The Balaban J connectivity index is 1.09. The summed E-state index contributed by atoms with van der Waals surface area (Å²) in [6.45, 7) is 2.42. The van der Waals surface area contributed by atoms with Crippen LogP contribution in [0, 0.1) is 5.92 Å². The standard InChI is InChI=1S/C52H62ClN7O6/c1-34-50(63)55-46(33-61)52(65)58(5)41(27-36-15-20-40(53)21-16-36)31-57(4)51(64)45(44-24-19-38-9-7-8-10-43(38)44)28-49(62)60(34)30-37-13-11-35(12-14-37)25-26-66-42-22-17-39(18-23-42)47-29-54-48(59(47)6)32-56(2)3/h7-18,20-23,29,34,41,44-46,61H,19,24-28,30-33H2,1-6H3,(H,55,63)/t34-,41+,44+,45-,46-/m0/s1. The molecule has 2 heterocycles. The second-order valence-electron chi connectivity index (χ2n) is 18.0. The van der Waals surface area contributed by atoms with Gasteiger partial charge in [-0.05, 0) is 110 Å². The number of halogens is 1. The van der Waals surface area contributed by atoms with Crippen molar-refractivity contribution in [1.82, 2.24) is 34.5 Å². The summed E-state index contributed by atoms with van der Waals surface area (Å²) < 4.78 is 8.22. The minimum absolute atomic E-state index is 0.0860. The van der Waals surface area contributed by atoms with E-state index in [1.54, 1.807) is 38.1 Å². The Morgan fingerprint density at radius 3 is 2.23 bits per heavy atom. The number of fused-ring (bicyclic) bond motifs is 1. The van der Waals surface area contributed by atoms with Crippen LogP contribution in [0.1, 0.15) is 59.3 Å². The van der Waals surface area contributed by atoms with E-state index >= 15 is 0 Å². The lowest BCUT2D eigenvalue weighted by atomic mass is 9.83. The number of hydrogen-bond donors (Lipinski definition) is 2. The normalized spacial score (nSPS) is 21.0. The Hall–Kier alpha value is -6.02. The van der Waals surface area contributed by atoms with Gasteiger partial charge in [0, 0.05) is 57.7 Å². The number of carbonyl (C=O) groups is 4. The predicted octanol–water partition coefficient (Wildman–Crippen LogP) is 5.90. The van der Waals surface area contributed by atoms with Gasteiger partial charge in [0.15, 0.2) is 0 Å². The number of nitrogens with one attached hydrogen (secondary N) is 1. The van der Waals surface area contributed by atoms with Gasteiger partial charge in [0.2, 0.25) is 23.6 Å². The summed E-state index contributed by atoms with van der Waals surface area (Å²) in [5, 5.41) is 13.8. The fourth-order valence-corrected chi connectivity index (χ4v) is 9.40. The fraction of sp³-hybridized carbons (Fsp3) is 0.404. The van der Waals surface area contributed by atoms with Crippen molar-refractivity contribution in [2.24, 2.45) is 13.0 Å². The first kappa shape index (κ1) is 47.9. The molecule has 1 aliphatic heterocycles. The number of benzene rings is 4. The molecule has 0 bridgehead atoms. The molecular formula is C52H62ClN7O6. The number of ether oxygens (including phenoxy) is 1. The predicted molar refractivity (Wildman–Crippen MR) is 256 cm³/mol. The van der Waals surface area contributed by atoms with E-state index in [0.29, 0.717) is 30.9 Å². The lowest BCUT2D eigenvalue weighted by Gasteiger charge is -2.38. The van der Waals surface area contributed by atoms with Crippen molar-refractivity contribution in [2.45, 2.75) is 76.2 Å². The lowest BCUT2D eigenvalue weighted by Crippen LogP contribution is -2.58. The van der Waals surface area contributed by atoms with Crippen LogP contribution in [-0.4, -0.2) is 124 Å². The van der Waals surface area contributed by atoms with Gasteiger partial charge in [-0.25, -0.2) is 4.98 Å². The molecule has 1 saturated heterocycles. The molecule has 0 unspecified atom stereocenters. The molecule has 1 aliphatic carbocycles. The quantitative estimate of drug-likeness (QED) is 0.149. The molecular weight excluding hydrogens is 854 g/mol. The van der Waals surface area contributed by atoms with Crippen molar-refractivity contribution in [1.29, 1.82) is 0 Å². The minimum Gasteiger partial charge on any atom is -0.493 e. The number of hydrogen-bond acceptors (Lipinski definition) is 8. The van der Waals surface area contributed by atoms with Crippen molar-refractivity contribution in [3.63, 3.8) is 0 Å². The van der Waals surface area contributed by atoms with Crippen LogP contribution in [0.25, 0.3) is 11.3 Å². The number of rotatable bonds is 13. The molecule has 4 aromatic carbocycles. The summed E-state index contributed by atoms with van der Waals surface area (Å²) in [5.41, 5.74) is 7.03. The summed E-state index contributed by atoms with van der Waals surface area (Å²) in [5.74, 6) is -0.834. The largest absolute Gasteiger partial charge is 0.493 e. The average molecular weight is 917 g/mol. The van der Waals surface area contributed by atoms with Gasteiger partial charge in [-0.15, -0.1) is 0 Å². The van der Waals surface area contributed by atoms with Gasteiger partial charge in [0.25, 0.3) is 0 Å². The number of nitrogens with zero attached hydrogens (tertiary/aromatic N) is 6. The molecule has 5 atom stereocenters. The number of carbonyl (C=O) groups excluding carboxylic acids is 4. The number of amides is 4. The Morgan fingerprint density at radius 1 is 0.848 bits per heavy atom. The molecule has 7 rings (SSSR count). The summed E-state index contributed by atoms with van der Waals surface area (Å²) in [6.07, 6.45) is 4.30. The molecule has 66 heavy (non-hydrogen) atoms. The number of likely N-dealkylation sites (N-methyl/N-ethyl adjacent to an activating group) is 2. The van der Waals surface area contributed by atoms with Gasteiger partial charge >= 0.3 is 0 Å². The molecule has 13 nitrogen and oxygen atoms in total. The molecule has 348 valence electrons. The molecule has 2 aliphatic rings. The van der Waals surface area contributed by atoms with E-state index in [4.69, 9.17) is 16.3 Å². The van der Waals surface area contributed by atoms with Crippen molar-refractivity contribution < 1.29 is 29.0 Å². The number of aliphatic hydroxyl groups is 1. The minimum atomic E-state index is -1.27. The van der Waals surface area contributed by atoms with Crippen LogP contribution >= 0.6 is 11.6 Å². The summed E-state index contributed by atoms with van der Waals surface area (Å²) in [7, 11) is 9.42. The van der Waals surface area contributed by atoms with E-state index in [2.05, 4.69) is 25.8 Å². The van der Waals surface area contributed by atoms with Crippen LogP contribution < -0.4 is 10.1 Å². The molecule has 5 aromatic rings. The van der Waals surface area contributed by atoms with Crippen molar-refractivity contribution >= 4 is 35.2 Å². The van der Waals surface area contributed by atoms with E-state index in [0.717, 1.165) is 63.6 Å². The molecule has 4 amide bonds. The van der Waals surface area contributed by atoms with E-state index in [-0.39, 0.29) is 37.2 Å². The molecule has 1 aromatic heterocycles. The zero-order chi connectivity index (χ0) is 47.1. The van der Waals surface area contributed by atoms with Crippen LogP contribution in [-0.2, 0) is 58.6 Å². The van der Waals surface area contributed by atoms with Gasteiger partial charge in [-0.3, -0.25) is 19.2 Å². The first-order chi connectivity index (χ1) is 31.7. The highest BCUT2D eigenvalue weighted by Crippen LogP contribution is 2.41. The Kier molecular flexibility index (Phi) is 15.6. The maximum Gasteiger partial charge on any atom is 0.247 e. The molecule has 0 radical (unpaired) electrons. The number of aliphatic hydroxyl groups excluding tert-OH is 1. The van der Waals surface area contributed by atoms with Crippen LogP contribution in [0.5, 0.6) is 5.75 Å². The SMILES string of the molecule is C[C@H]1C(=O)N[C@@H](CO)C(=O)N(C)[C@H](Cc2ccc(Cl)cc2)CN(C)C(=O)[C@H]([C@@H]2CCc3ccccc32)CC(=O)N1Cc1ccc(CCOc2ccc(-c3cnc(CN(C)C)n3C)cc2)cc1. The summed E-state index contributed by atoms with van der Waals surface area (Å²) in [6, 6.07) is 28.4. The van der Waals surface area contributed by atoms with Crippen LogP contribution in [0.2, 0.25) is 5.02 Å².